The highest BCUT2D eigenvalue weighted by atomic mass is 35.5. The van der Waals surface area contributed by atoms with E-state index in [0.717, 1.165) is 12.2 Å². The summed E-state index contributed by atoms with van der Waals surface area (Å²) in [5, 5.41) is 4.61. The van der Waals surface area contributed by atoms with Crippen LogP contribution in [0.5, 0.6) is 0 Å². The Labute approximate surface area is 136 Å². The zero-order valence-corrected chi connectivity index (χ0v) is 14.3. The maximum Gasteiger partial charge on any atom is 0.0805 e. The van der Waals surface area contributed by atoms with Gasteiger partial charge in [-0.25, -0.2) is 0 Å². The van der Waals surface area contributed by atoms with Crippen molar-refractivity contribution in [1.29, 1.82) is 0 Å². The molecule has 21 heavy (non-hydrogen) atoms. The largest absolute Gasteiger partial charge is 0.305 e. The minimum absolute atomic E-state index is 0.0286. The number of aromatic nitrogens is 1. The summed E-state index contributed by atoms with van der Waals surface area (Å²) in [6.45, 7) is 9.28. The topological polar surface area (TPSA) is 24.9 Å². The maximum atomic E-state index is 6.35. The highest BCUT2D eigenvalue weighted by Crippen LogP contribution is 2.31. The van der Waals surface area contributed by atoms with Crippen molar-refractivity contribution in [1.82, 2.24) is 10.3 Å². The molecule has 1 aromatic heterocycles. The van der Waals surface area contributed by atoms with Gasteiger partial charge in [0.05, 0.1) is 21.8 Å². The van der Waals surface area contributed by atoms with Gasteiger partial charge in [-0.05, 0) is 55.6 Å². The molecular formula is C17H20Cl2N2. The van der Waals surface area contributed by atoms with Crippen molar-refractivity contribution < 1.29 is 0 Å². The average Bonchev–Trinajstić information content (AvgIpc) is 2.41. The van der Waals surface area contributed by atoms with Crippen LogP contribution in [0.25, 0.3) is 0 Å². The van der Waals surface area contributed by atoms with E-state index in [2.05, 4.69) is 50.1 Å². The monoisotopic (exact) mass is 322 g/mol. The van der Waals surface area contributed by atoms with Gasteiger partial charge in [-0.2, -0.15) is 0 Å². The molecule has 0 saturated carbocycles. The van der Waals surface area contributed by atoms with Crippen LogP contribution in [0.3, 0.4) is 0 Å². The number of nitrogens with zero attached hydrogens (tertiary/aromatic N) is 1. The van der Waals surface area contributed by atoms with Gasteiger partial charge in [-0.1, -0.05) is 42.3 Å². The summed E-state index contributed by atoms with van der Waals surface area (Å²) in [6.07, 6.45) is 1.64. The van der Waals surface area contributed by atoms with Gasteiger partial charge in [-0.15, -0.1) is 0 Å². The highest BCUT2D eigenvalue weighted by Gasteiger charge is 2.20. The van der Waals surface area contributed by atoms with E-state index in [-0.39, 0.29) is 6.04 Å². The zero-order chi connectivity index (χ0) is 15.6. The van der Waals surface area contributed by atoms with Crippen molar-refractivity contribution in [3.05, 3.63) is 62.4 Å². The zero-order valence-electron chi connectivity index (χ0n) is 12.8. The van der Waals surface area contributed by atoms with Gasteiger partial charge in [0.2, 0.25) is 0 Å². The molecule has 4 heteroatoms. The molecule has 0 bridgehead atoms. The molecule has 112 valence electrons. The van der Waals surface area contributed by atoms with Crippen LogP contribution < -0.4 is 5.32 Å². The van der Waals surface area contributed by atoms with Crippen LogP contribution in [0.4, 0.5) is 0 Å². The number of benzene rings is 1. The normalized spacial score (nSPS) is 12.5. The number of halogens is 2. The van der Waals surface area contributed by atoms with E-state index in [9.17, 15) is 0 Å². The molecule has 1 atom stereocenters. The Morgan fingerprint density at radius 3 is 2.33 bits per heavy atom. The summed E-state index contributed by atoms with van der Waals surface area (Å²) in [7, 11) is 0. The third-order valence-electron chi connectivity index (χ3n) is 3.71. The first-order valence-electron chi connectivity index (χ1n) is 7.06. The van der Waals surface area contributed by atoms with Crippen molar-refractivity contribution in [3.63, 3.8) is 0 Å². The molecule has 0 aliphatic heterocycles. The SMILES string of the molecule is CCNC(c1cc(C)c(C)cc1C)c1ncc(Cl)cc1Cl. The van der Waals surface area contributed by atoms with Crippen molar-refractivity contribution in [3.8, 4) is 0 Å². The van der Waals surface area contributed by atoms with E-state index in [4.69, 9.17) is 23.2 Å². The van der Waals surface area contributed by atoms with Crippen LogP contribution in [-0.2, 0) is 0 Å². The summed E-state index contributed by atoms with van der Waals surface area (Å²) in [5.74, 6) is 0. The molecule has 0 aliphatic rings. The second-order valence-corrected chi connectivity index (χ2v) is 6.15. The van der Waals surface area contributed by atoms with Gasteiger partial charge in [0.25, 0.3) is 0 Å². The lowest BCUT2D eigenvalue weighted by molar-refractivity contribution is 0.612. The number of rotatable bonds is 4. The number of aryl methyl sites for hydroxylation is 3. The van der Waals surface area contributed by atoms with Gasteiger partial charge in [-0.3, -0.25) is 4.98 Å². The smallest absolute Gasteiger partial charge is 0.0805 e. The highest BCUT2D eigenvalue weighted by molar-refractivity contribution is 6.34. The minimum Gasteiger partial charge on any atom is -0.305 e. The fourth-order valence-electron chi connectivity index (χ4n) is 2.49. The summed E-state index contributed by atoms with van der Waals surface area (Å²) in [6, 6.07) is 6.13. The molecular weight excluding hydrogens is 303 g/mol. The first-order valence-corrected chi connectivity index (χ1v) is 7.81. The predicted octanol–water partition coefficient (Wildman–Crippen LogP) is 5.01. The molecule has 0 radical (unpaired) electrons. The van der Waals surface area contributed by atoms with E-state index in [1.165, 1.54) is 22.3 Å². The number of pyridine rings is 1. The second-order valence-electron chi connectivity index (χ2n) is 5.30. The van der Waals surface area contributed by atoms with Gasteiger partial charge in [0.1, 0.15) is 0 Å². The summed E-state index contributed by atoms with van der Waals surface area (Å²) >= 11 is 12.3. The summed E-state index contributed by atoms with van der Waals surface area (Å²) in [5.41, 5.74) is 5.81. The molecule has 0 saturated heterocycles. The van der Waals surface area contributed by atoms with Crippen LogP contribution in [-0.4, -0.2) is 11.5 Å². The Bertz CT molecular complexity index is 653. The standard InChI is InChI=1S/C17H20Cl2N2/c1-5-20-16(17-15(19)8-13(18)9-21-17)14-7-11(3)10(2)6-12(14)4/h6-9,16,20H,5H2,1-4H3. The number of nitrogens with one attached hydrogen (secondary N) is 1. The fourth-order valence-corrected chi connectivity index (χ4v) is 2.98. The molecule has 2 aromatic rings. The molecule has 2 nitrogen and oxygen atoms in total. The molecule has 1 N–H and O–H groups in total. The van der Waals surface area contributed by atoms with Gasteiger partial charge >= 0.3 is 0 Å². The van der Waals surface area contributed by atoms with Crippen molar-refractivity contribution >= 4 is 23.2 Å². The number of hydrogen-bond donors (Lipinski definition) is 1. The van der Waals surface area contributed by atoms with Crippen molar-refractivity contribution in [2.24, 2.45) is 0 Å². The van der Waals surface area contributed by atoms with Crippen LogP contribution in [0.1, 0.15) is 40.9 Å². The molecule has 0 fully saturated rings. The third-order valence-corrected chi connectivity index (χ3v) is 4.22. The Hall–Kier alpha value is -1.09. The lowest BCUT2D eigenvalue weighted by Crippen LogP contribution is -2.24. The van der Waals surface area contributed by atoms with E-state index < -0.39 is 0 Å². The quantitative estimate of drug-likeness (QED) is 0.855. The maximum absolute atomic E-state index is 6.35. The van der Waals surface area contributed by atoms with E-state index in [0.29, 0.717) is 10.0 Å². The van der Waals surface area contributed by atoms with Gasteiger partial charge in [0.15, 0.2) is 0 Å². The van der Waals surface area contributed by atoms with Crippen LogP contribution in [0, 0.1) is 20.8 Å². The van der Waals surface area contributed by atoms with Crippen LogP contribution >= 0.6 is 23.2 Å². The molecule has 0 aliphatic carbocycles. The first kappa shape index (κ1) is 16.3. The summed E-state index contributed by atoms with van der Waals surface area (Å²) < 4.78 is 0. The van der Waals surface area contributed by atoms with Crippen LogP contribution in [0.15, 0.2) is 24.4 Å². The number of hydrogen-bond acceptors (Lipinski definition) is 2. The molecule has 1 heterocycles. The second kappa shape index (κ2) is 6.78. The molecule has 1 aromatic carbocycles. The minimum atomic E-state index is -0.0286. The Morgan fingerprint density at radius 2 is 1.71 bits per heavy atom. The van der Waals surface area contributed by atoms with E-state index >= 15 is 0 Å². The summed E-state index contributed by atoms with van der Waals surface area (Å²) in [4.78, 5) is 4.44. The lowest BCUT2D eigenvalue weighted by Gasteiger charge is -2.22. The average molecular weight is 323 g/mol. The Kier molecular flexibility index (Phi) is 5.26. The predicted molar refractivity (Wildman–Crippen MR) is 90.4 cm³/mol. The van der Waals surface area contributed by atoms with Gasteiger partial charge < -0.3 is 5.32 Å². The lowest BCUT2D eigenvalue weighted by atomic mass is 9.93. The molecule has 0 amide bonds. The van der Waals surface area contributed by atoms with Crippen molar-refractivity contribution in [2.45, 2.75) is 33.7 Å². The van der Waals surface area contributed by atoms with Gasteiger partial charge in [0, 0.05) is 6.20 Å². The van der Waals surface area contributed by atoms with E-state index in [1.54, 1.807) is 12.3 Å². The molecule has 2 rings (SSSR count). The molecule has 0 spiro atoms. The first-order chi connectivity index (χ1) is 9.93. The van der Waals surface area contributed by atoms with E-state index in [1.807, 2.05) is 0 Å². The Balaban J connectivity index is 2.55. The molecule has 1 unspecified atom stereocenters. The Morgan fingerprint density at radius 1 is 1.05 bits per heavy atom. The fraction of sp³-hybridized carbons (Fsp3) is 0.353. The van der Waals surface area contributed by atoms with Crippen LogP contribution in [0.2, 0.25) is 10.0 Å². The van der Waals surface area contributed by atoms with Crippen molar-refractivity contribution in [2.75, 3.05) is 6.54 Å². The third kappa shape index (κ3) is 3.57.